The molecule has 1 aliphatic rings. The summed E-state index contributed by atoms with van der Waals surface area (Å²) in [6.45, 7) is 8.04. The molecule has 2 aromatic rings. The van der Waals surface area contributed by atoms with E-state index in [4.69, 9.17) is 0 Å². The number of nitrogens with zero attached hydrogens (tertiary/aromatic N) is 3. The fourth-order valence-electron chi connectivity index (χ4n) is 2.92. The number of aliphatic hydroxyl groups is 1. The summed E-state index contributed by atoms with van der Waals surface area (Å²) in [6.07, 6.45) is 2.33. The number of rotatable bonds is 5. The van der Waals surface area contributed by atoms with Gasteiger partial charge in [-0.1, -0.05) is 42.0 Å². The maximum absolute atomic E-state index is 10.5. The first-order valence-electron chi connectivity index (χ1n) is 8.26. The van der Waals surface area contributed by atoms with Crippen molar-refractivity contribution in [1.29, 1.82) is 0 Å². The van der Waals surface area contributed by atoms with Gasteiger partial charge in [0, 0.05) is 26.1 Å². The van der Waals surface area contributed by atoms with Crippen molar-refractivity contribution in [2.45, 2.75) is 39.5 Å². The smallest absolute Gasteiger partial charge is 0.102 e. The van der Waals surface area contributed by atoms with Gasteiger partial charge in [0.05, 0.1) is 17.9 Å². The van der Waals surface area contributed by atoms with Gasteiger partial charge in [-0.3, -0.25) is 9.58 Å². The molecule has 1 atom stereocenters. The summed E-state index contributed by atoms with van der Waals surface area (Å²) in [5.41, 5.74) is 4.47. The van der Waals surface area contributed by atoms with E-state index < -0.39 is 6.10 Å². The van der Waals surface area contributed by atoms with Crippen LogP contribution in [0.5, 0.6) is 0 Å². The molecule has 1 aromatic carbocycles. The van der Waals surface area contributed by atoms with Crippen molar-refractivity contribution in [2.24, 2.45) is 0 Å². The summed E-state index contributed by atoms with van der Waals surface area (Å²) in [7, 11) is 0. The molecule has 0 saturated heterocycles. The van der Waals surface area contributed by atoms with Crippen LogP contribution in [-0.4, -0.2) is 32.9 Å². The summed E-state index contributed by atoms with van der Waals surface area (Å²) in [5.74, 6) is 0. The van der Waals surface area contributed by atoms with Crippen LogP contribution in [0.1, 0.15) is 36.9 Å². The zero-order valence-electron chi connectivity index (χ0n) is 13.9. The minimum Gasteiger partial charge on any atom is -0.386 e. The monoisotopic (exact) mass is 311 g/mol. The Morgan fingerprint density at radius 1 is 1.26 bits per heavy atom. The lowest BCUT2D eigenvalue weighted by molar-refractivity contribution is 0.171. The van der Waals surface area contributed by atoms with E-state index in [0.717, 1.165) is 37.4 Å². The minimum atomic E-state index is -0.540. The van der Waals surface area contributed by atoms with Crippen LogP contribution in [0.2, 0.25) is 0 Å². The highest BCUT2D eigenvalue weighted by Crippen LogP contribution is 2.21. The van der Waals surface area contributed by atoms with Gasteiger partial charge in [-0.2, -0.15) is 5.10 Å². The zero-order chi connectivity index (χ0) is 16.2. The molecule has 1 N–H and O–H groups in total. The van der Waals surface area contributed by atoms with Crippen LogP contribution in [0.25, 0.3) is 0 Å². The van der Waals surface area contributed by atoms with E-state index in [0.29, 0.717) is 6.42 Å². The zero-order valence-corrected chi connectivity index (χ0v) is 13.9. The van der Waals surface area contributed by atoms with Crippen molar-refractivity contribution in [3.8, 4) is 0 Å². The summed E-state index contributed by atoms with van der Waals surface area (Å²) in [6, 6.07) is 12.1. The van der Waals surface area contributed by atoms with E-state index in [1.165, 1.54) is 11.3 Å². The Morgan fingerprint density at radius 2 is 2.04 bits per heavy atom. The van der Waals surface area contributed by atoms with E-state index in [1.54, 1.807) is 0 Å². The fourth-order valence-corrected chi connectivity index (χ4v) is 2.92. The number of aliphatic hydroxyl groups excluding tert-OH is 1. The van der Waals surface area contributed by atoms with Crippen LogP contribution in [-0.2, 0) is 19.5 Å². The third kappa shape index (κ3) is 4.09. The van der Waals surface area contributed by atoms with Gasteiger partial charge in [-0.15, -0.1) is 0 Å². The van der Waals surface area contributed by atoms with Crippen molar-refractivity contribution in [1.82, 2.24) is 14.7 Å². The number of hydrogen-bond acceptors (Lipinski definition) is 3. The molecule has 23 heavy (non-hydrogen) atoms. The topological polar surface area (TPSA) is 41.3 Å². The Kier molecular flexibility index (Phi) is 4.94. The molecule has 122 valence electrons. The summed E-state index contributed by atoms with van der Waals surface area (Å²) >= 11 is 0. The predicted molar refractivity (Wildman–Crippen MR) is 92.0 cm³/mol. The number of hydrogen-bond donors (Lipinski definition) is 1. The van der Waals surface area contributed by atoms with E-state index in [1.807, 2.05) is 35.0 Å². The molecule has 0 spiro atoms. The Hall–Kier alpha value is -1.91. The molecule has 2 heterocycles. The van der Waals surface area contributed by atoms with Gasteiger partial charge < -0.3 is 5.11 Å². The second-order valence-electron chi connectivity index (χ2n) is 6.51. The summed E-state index contributed by atoms with van der Waals surface area (Å²) in [5, 5.41) is 15.1. The Bertz CT molecular complexity index is 671. The van der Waals surface area contributed by atoms with Crippen LogP contribution in [0.3, 0.4) is 0 Å². The molecular weight excluding hydrogens is 286 g/mol. The highest BCUT2D eigenvalue weighted by atomic mass is 16.3. The molecule has 0 amide bonds. The van der Waals surface area contributed by atoms with E-state index in [2.05, 4.69) is 36.0 Å². The molecule has 0 saturated carbocycles. The third-order valence-corrected chi connectivity index (χ3v) is 4.27. The van der Waals surface area contributed by atoms with Crippen molar-refractivity contribution >= 4 is 0 Å². The molecule has 3 rings (SSSR count). The van der Waals surface area contributed by atoms with Crippen LogP contribution >= 0.6 is 0 Å². The van der Waals surface area contributed by atoms with Gasteiger partial charge in [0.1, 0.15) is 6.10 Å². The first kappa shape index (κ1) is 16.0. The molecule has 1 aromatic heterocycles. The SMILES string of the molecule is CC(C)=CCN1CCn2nc(C(O)Cc3ccccc3)cc2C1. The summed E-state index contributed by atoms with van der Waals surface area (Å²) < 4.78 is 2.04. The standard InChI is InChI=1S/C19H25N3O/c1-15(2)8-9-21-10-11-22-17(14-21)13-18(20-22)19(23)12-16-6-4-3-5-7-16/h3-8,13,19,23H,9-12,14H2,1-2H3. The fraction of sp³-hybridized carbons (Fsp3) is 0.421. The number of allylic oxidation sites excluding steroid dienone is 1. The number of aromatic nitrogens is 2. The maximum Gasteiger partial charge on any atom is 0.102 e. The Labute approximate surface area is 138 Å². The van der Waals surface area contributed by atoms with Gasteiger partial charge >= 0.3 is 0 Å². The van der Waals surface area contributed by atoms with Crippen molar-refractivity contribution < 1.29 is 5.11 Å². The van der Waals surface area contributed by atoms with Gasteiger partial charge in [-0.05, 0) is 25.5 Å². The highest BCUT2D eigenvalue weighted by molar-refractivity contribution is 5.20. The minimum absolute atomic E-state index is 0.540. The molecule has 1 aliphatic heterocycles. The largest absolute Gasteiger partial charge is 0.386 e. The van der Waals surface area contributed by atoms with E-state index >= 15 is 0 Å². The molecule has 1 unspecified atom stereocenters. The molecule has 4 heteroatoms. The number of benzene rings is 1. The Morgan fingerprint density at radius 3 is 2.78 bits per heavy atom. The molecule has 0 bridgehead atoms. The lowest BCUT2D eigenvalue weighted by atomic mass is 10.1. The van der Waals surface area contributed by atoms with Gasteiger partial charge in [0.25, 0.3) is 0 Å². The quantitative estimate of drug-likeness (QED) is 0.863. The predicted octanol–water partition coefficient (Wildman–Crippen LogP) is 2.94. The van der Waals surface area contributed by atoms with Crippen LogP contribution in [0.15, 0.2) is 48.0 Å². The second kappa shape index (κ2) is 7.11. The normalized spacial score (nSPS) is 16.0. The van der Waals surface area contributed by atoms with E-state index in [-0.39, 0.29) is 0 Å². The first-order valence-corrected chi connectivity index (χ1v) is 8.26. The van der Waals surface area contributed by atoms with Crippen LogP contribution in [0.4, 0.5) is 0 Å². The second-order valence-corrected chi connectivity index (χ2v) is 6.51. The van der Waals surface area contributed by atoms with Crippen molar-refractivity contribution in [3.63, 3.8) is 0 Å². The average molecular weight is 311 g/mol. The van der Waals surface area contributed by atoms with Crippen LogP contribution < -0.4 is 0 Å². The van der Waals surface area contributed by atoms with Crippen molar-refractivity contribution in [2.75, 3.05) is 13.1 Å². The van der Waals surface area contributed by atoms with Crippen LogP contribution in [0, 0.1) is 0 Å². The Balaban J connectivity index is 1.67. The maximum atomic E-state index is 10.5. The third-order valence-electron chi connectivity index (χ3n) is 4.27. The number of fused-ring (bicyclic) bond motifs is 1. The van der Waals surface area contributed by atoms with Gasteiger partial charge in [-0.25, -0.2) is 0 Å². The molecule has 4 nitrogen and oxygen atoms in total. The van der Waals surface area contributed by atoms with Gasteiger partial charge in [0.2, 0.25) is 0 Å². The lowest BCUT2D eigenvalue weighted by Gasteiger charge is -2.26. The molecule has 0 aliphatic carbocycles. The highest BCUT2D eigenvalue weighted by Gasteiger charge is 2.20. The molecular formula is C19H25N3O. The molecule has 0 fully saturated rings. The average Bonchev–Trinajstić information content (AvgIpc) is 2.97. The molecule has 0 radical (unpaired) electrons. The lowest BCUT2D eigenvalue weighted by Crippen LogP contribution is -2.33. The van der Waals surface area contributed by atoms with E-state index in [9.17, 15) is 5.11 Å². The first-order chi connectivity index (χ1) is 11.1. The summed E-state index contributed by atoms with van der Waals surface area (Å²) in [4.78, 5) is 2.41. The van der Waals surface area contributed by atoms with Crippen molar-refractivity contribution in [3.05, 3.63) is 65.0 Å². The van der Waals surface area contributed by atoms with Gasteiger partial charge in [0.15, 0.2) is 0 Å².